The van der Waals surface area contributed by atoms with Gasteiger partial charge in [0.1, 0.15) is 0 Å². The first-order chi connectivity index (χ1) is 6.88. The molecule has 0 saturated carbocycles. The molecule has 1 unspecified atom stereocenters. The molecule has 0 spiro atoms. The Morgan fingerprint density at radius 1 is 1.20 bits per heavy atom. The van der Waals surface area contributed by atoms with Gasteiger partial charge in [-0.3, -0.25) is 0 Å². The van der Waals surface area contributed by atoms with E-state index < -0.39 is 5.60 Å². The molecule has 1 aromatic rings. The minimum Gasteiger partial charge on any atom is -0.393 e. The zero-order valence-electron chi connectivity index (χ0n) is 9.70. The van der Waals surface area contributed by atoms with E-state index in [1.807, 2.05) is 24.3 Å². The number of aliphatic hydroxyl groups is 2. The molecule has 1 aromatic carbocycles. The van der Waals surface area contributed by atoms with Crippen LogP contribution in [0.25, 0.3) is 0 Å². The summed E-state index contributed by atoms with van der Waals surface area (Å²) < 4.78 is 0. The second-order valence-corrected chi connectivity index (χ2v) is 4.81. The van der Waals surface area contributed by atoms with E-state index in [2.05, 4.69) is 0 Å². The van der Waals surface area contributed by atoms with Crippen molar-refractivity contribution in [3.05, 3.63) is 35.4 Å². The predicted molar refractivity (Wildman–Crippen MR) is 61.8 cm³/mol. The molecule has 0 aromatic heterocycles. The average molecular weight is 208 g/mol. The van der Waals surface area contributed by atoms with Crippen molar-refractivity contribution >= 4 is 0 Å². The fourth-order valence-corrected chi connectivity index (χ4v) is 1.71. The molecule has 0 aliphatic heterocycles. The quantitative estimate of drug-likeness (QED) is 0.793. The fraction of sp³-hybridized carbons (Fsp3) is 0.538. The zero-order valence-corrected chi connectivity index (χ0v) is 9.70. The van der Waals surface area contributed by atoms with Crippen LogP contribution in [0.4, 0.5) is 0 Å². The maximum Gasteiger partial charge on any atom is 0.0632 e. The highest BCUT2D eigenvalue weighted by atomic mass is 16.3. The lowest BCUT2D eigenvalue weighted by molar-refractivity contribution is 0.0805. The van der Waals surface area contributed by atoms with Gasteiger partial charge in [0, 0.05) is 6.42 Å². The summed E-state index contributed by atoms with van der Waals surface area (Å²) in [5, 5.41) is 19.1. The van der Waals surface area contributed by atoms with Gasteiger partial charge in [-0.1, -0.05) is 24.3 Å². The number of hydrogen-bond acceptors (Lipinski definition) is 2. The summed E-state index contributed by atoms with van der Waals surface area (Å²) in [7, 11) is 0. The first-order valence-corrected chi connectivity index (χ1v) is 5.36. The van der Waals surface area contributed by atoms with Gasteiger partial charge in [-0.05, 0) is 38.3 Å². The van der Waals surface area contributed by atoms with E-state index in [0.717, 1.165) is 11.1 Å². The SMILES string of the molecule is CC(O)Cc1ccccc1CC(C)(C)O. The highest BCUT2D eigenvalue weighted by Gasteiger charge is 2.15. The van der Waals surface area contributed by atoms with E-state index in [-0.39, 0.29) is 6.10 Å². The highest BCUT2D eigenvalue weighted by Crippen LogP contribution is 2.17. The van der Waals surface area contributed by atoms with Crippen molar-refractivity contribution in [3.63, 3.8) is 0 Å². The lowest BCUT2D eigenvalue weighted by atomic mass is 9.93. The van der Waals surface area contributed by atoms with Crippen molar-refractivity contribution in [2.75, 3.05) is 0 Å². The summed E-state index contributed by atoms with van der Waals surface area (Å²) in [6, 6.07) is 7.95. The summed E-state index contributed by atoms with van der Waals surface area (Å²) >= 11 is 0. The number of benzene rings is 1. The van der Waals surface area contributed by atoms with E-state index >= 15 is 0 Å². The Morgan fingerprint density at radius 2 is 1.73 bits per heavy atom. The highest BCUT2D eigenvalue weighted by molar-refractivity contribution is 5.28. The number of rotatable bonds is 4. The molecule has 0 aliphatic rings. The second-order valence-electron chi connectivity index (χ2n) is 4.81. The van der Waals surface area contributed by atoms with E-state index in [9.17, 15) is 10.2 Å². The third-order valence-corrected chi connectivity index (χ3v) is 2.26. The maximum atomic E-state index is 9.77. The molecule has 0 bridgehead atoms. The van der Waals surface area contributed by atoms with Gasteiger partial charge in [0.15, 0.2) is 0 Å². The number of aliphatic hydroxyl groups excluding tert-OH is 1. The first-order valence-electron chi connectivity index (χ1n) is 5.36. The second kappa shape index (κ2) is 4.77. The van der Waals surface area contributed by atoms with Crippen molar-refractivity contribution < 1.29 is 10.2 Å². The Kier molecular flexibility index (Phi) is 3.89. The van der Waals surface area contributed by atoms with E-state index in [4.69, 9.17) is 0 Å². The van der Waals surface area contributed by atoms with Gasteiger partial charge in [0.2, 0.25) is 0 Å². The molecule has 0 radical (unpaired) electrons. The van der Waals surface area contributed by atoms with Crippen molar-refractivity contribution in [2.45, 2.75) is 45.3 Å². The van der Waals surface area contributed by atoms with Gasteiger partial charge >= 0.3 is 0 Å². The predicted octanol–water partition coefficient (Wildman–Crippen LogP) is 1.92. The van der Waals surface area contributed by atoms with E-state index in [1.54, 1.807) is 20.8 Å². The van der Waals surface area contributed by atoms with E-state index in [1.165, 1.54) is 0 Å². The van der Waals surface area contributed by atoms with Crippen molar-refractivity contribution in [1.82, 2.24) is 0 Å². The third kappa shape index (κ3) is 4.45. The Labute approximate surface area is 91.6 Å². The van der Waals surface area contributed by atoms with Gasteiger partial charge in [-0.2, -0.15) is 0 Å². The molecule has 0 fully saturated rings. The van der Waals surface area contributed by atoms with Gasteiger partial charge < -0.3 is 10.2 Å². The van der Waals surface area contributed by atoms with Gasteiger partial charge in [0.05, 0.1) is 11.7 Å². The molecule has 0 saturated heterocycles. The zero-order chi connectivity index (χ0) is 11.5. The van der Waals surface area contributed by atoms with E-state index in [0.29, 0.717) is 12.8 Å². The van der Waals surface area contributed by atoms with Crippen LogP contribution in [0.3, 0.4) is 0 Å². The third-order valence-electron chi connectivity index (χ3n) is 2.26. The molecule has 0 heterocycles. The topological polar surface area (TPSA) is 40.5 Å². The molecular weight excluding hydrogens is 188 g/mol. The molecule has 15 heavy (non-hydrogen) atoms. The molecule has 0 amide bonds. The van der Waals surface area contributed by atoms with Crippen LogP contribution in [0, 0.1) is 0 Å². The molecule has 2 nitrogen and oxygen atoms in total. The standard InChI is InChI=1S/C13H20O2/c1-10(14)8-11-6-4-5-7-12(11)9-13(2,3)15/h4-7,10,14-15H,8-9H2,1-3H3. The van der Waals surface area contributed by atoms with Crippen LogP contribution < -0.4 is 0 Å². The van der Waals surface area contributed by atoms with Crippen LogP contribution in [0.1, 0.15) is 31.9 Å². The monoisotopic (exact) mass is 208 g/mol. The molecule has 1 rings (SSSR count). The van der Waals surface area contributed by atoms with Crippen molar-refractivity contribution in [3.8, 4) is 0 Å². The van der Waals surface area contributed by atoms with Crippen molar-refractivity contribution in [2.24, 2.45) is 0 Å². The van der Waals surface area contributed by atoms with Crippen LogP contribution in [0.2, 0.25) is 0 Å². The van der Waals surface area contributed by atoms with Crippen LogP contribution >= 0.6 is 0 Å². The Morgan fingerprint density at radius 3 is 2.20 bits per heavy atom. The minimum absolute atomic E-state index is 0.340. The molecule has 2 N–H and O–H groups in total. The molecule has 0 aliphatic carbocycles. The normalized spacial score (nSPS) is 13.9. The first kappa shape index (κ1) is 12.2. The lowest BCUT2D eigenvalue weighted by Gasteiger charge is -2.19. The summed E-state index contributed by atoms with van der Waals surface area (Å²) in [5.74, 6) is 0. The van der Waals surface area contributed by atoms with Crippen molar-refractivity contribution in [1.29, 1.82) is 0 Å². The smallest absolute Gasteiger partial charge is 0.0632 e. The van der Waals surface area contributed by atoms with Gasteiger partial charge in [-0.15, -0.1) is 0 Å². The maximum absolute atomic E-state index is 9.77. The Balaban J connectivity index is 2.86. The molecule has 84 valence electrons. The van der Waals surface area contributed by atoms with Crippen LogP contribution in [-0.2, 0) is 12.8 Å². The summed E-state index contributed by atoms with van der Waals surface area (Å²) in [4.78, 5) is 0. The van der Waals surface area contributed by atoms with Crippen LogP contribution in [-0.4, -0.2) is 21.9 Å². The lowest BCUT2D eigenvalue weighted by Crippen LogP contribution is -2.23. The fourth-order valence-electron chi connectivity index (χ4n) is 1.71. The van der Waals surface area contributed by atoms with Gasteiger partial charge in [-0.25, -0.2) is 0 Å². The molecule has 1 atom stereocenters. The summed E-state index contributed by atoms with van der Waals surface area (Å²) in [5.41, 5.74) is 1.54. The molecule has 2 heteroatoms. The summed E-state index contributed by atoms with van der Waals surface area (Å²) in [6.07, 6.45) is 0.926. The van der Waals surface area contributed by atoms with Crippen LogP contribution in [0.15, 0.2) is 24.3 Å². The Hall–Kier alpha value is -0.860. The van der Waals surface area contributed by atoms with Gasteiger partial charge in [0.25, 0.3) is 0 Å². The van der Waals surface area contributed by atoms with Crippen LogP contribution in [0.5, 0.6) is 0 Å². The minimum atomic E-state index is -0.700. The number of hydrogen-bond donors (Lipinski definition) is 2. The average Bonchev–Trinajstić information content (AvgIpc) is 2.05. The largest absolute Gasteiger partial charge is 0.393 e. The Bertz CT molecular complexity index is 311. The summed E-state index contributed by atoms with van der Waals surface area (Å²) in [6.45, 7) is 5.37. The molecular formula is C13H20O2.